The molecule has 3 aliphatic rings. The van der Waals surface area contributed by atoms with E-state index in [9.17, 15) is 9.59 Å². The molecule has 2 amide bonds. The number of carbonyl (C=O) groups is 2. The molecule has 1 saturated heterocycles. The zero-order valence-electron chi connectivity index (χ0n) is 17.7. The Balaban J connectivity index is 1.35. The van der Waals surface area contributed by atoms with Crippen LogP contribution in [0.15, 0.2) is 46.5 Å². The molecule has 170 valence electrons. The number of piperidine rings is 1. The molecule has 2 heterocycles. The largest absolute Gasteiger partial charge is 0.364 e. The van der Waals surface area contributed by atoms with Crippen molar-refractivity contribution in [3.8, 4) is 0 Å². The summed E-state index contributed by atoms with van der Waals surface area (Å²) in [6, 6.07) is 4.80. The van der Waals surface area contributed by atoms with Crippen LogP contribution in [0.25, 0.3) is 0 Å². The van der Waals surface area contributed by atoms with E-state index < -0.39 is 0 Å². The van der Waals surface area contributed by atoms with Gasteiger partial charge in [-0.2, -0.15) is 0 Å². The molecular formula is C23H27Cl2N5O2. The molecule has 0 bridgehead atoms. The predicted octanol–water partition coefficient (Wildman–Crippen LogP) is 2.70. The van der Waals surface area contributed by atoms with Gasteiger partial charge < -0.3 is 21.3 Å². The molecule has 3 atom stereocenters. The van der Waals surface area contributed by atoms with E-state index >= 15 is 0 Å². The monoisotopic (exact) mass is 475 g/mol. The van der Waals surface area contributed by atoms with Gasteiger partial charge in [0.1, 0.15) is 5.84 Å². The molecule has 0 saturated carbocycles. The van der Waals surface area contributed by atoms with E-state index in [-0.39, 0.29) is 35.5 Å². The molecule has 1 aromatic rings. The van der Waals surface area contributed by atoms with Crippen LogP contribution in [0.3, 0.4) is 0 Å². The summed E-state index contributed by atoms with van der Waals surface area (Å²) < 4.78 is 0. The first kappa shape index (κ1) is 22.8. The Labute approximate surface area is 197 Å². The van der Waals surface area contributed by atoms with Crippen LogP contribution < -0.4 is 16.4 Å². The highest BCUT2D eigenvalue weighted by molar-refractivity contribution is 6.34. The number of fused-ring (bicyclic) bond motifs is 1. The summed E-state index contributed by atoms with van der Waals surface area (Å²) >= 11 is 12.4. The van der Waals surface area contributed by atoms with Gasteiger partial charge >= 0.3 is 0 Å². The summed E-state index contributed by atoms with van der Waals surface area (Å²) in [7, 11) is 0. The molecule has 0 spiro atoms. The number of nitrogens with two attached hydrogens (primary N) is 1. The van der Waals surface area contributed by atoms with Gasteiger partial charge in [0.15, 0.2) is 0 Å². The van der Waals surface area contributed by atoms with Crippen molar-refractivity contribution in [1.82, 2.24) is 15.5 Å². The summed E-state index contributed by atoms with van der Waals surface area (Å²) in [5.74, 6) is 0.737. The number of nitrogens with one attached hydrogen (secondary N) is 2. The van der Waals surface area contributed by atoms with Crippen molar-refractivity contribution in [3.05, 3.63) is 57.6 Å². The third kappa shape index (κ3) is 5.17. The second-order valence-corrected chi connectivity index (χ2v) is 9.20. The lowest BCUT2D eigenvalue weighted by Crippen LogP contribution is -2.40. The van der Waals surface area contributed by atoms with Gasteiger partial charge in [-0.25, -0.2) is 0 Å². The van der Waals surface area contributed by atoms with E-state index in [0.717, 1.165) is 19.3 Å². The zero-order chi connectivity index (χ0) is 22.7. The number of amidine groups is 1. The molecule has 4 rings (SSSR count). The number of benzene rings is 1. The number of allylic oxidation sites excluding steroid dienone is 2. The van der Waals surface area contributed by atoms with Gasteiger partial charge in [-0.05, 0) is 62.1 Å². The summed E-state index contributed by atoms with van der Waals surface area (Å²) in [5, 5.41) is 7.04. The molecule has 2 aliphatic heterocycles. The lowest BCUT2D eigenvalue weighted by atomic mass is 9.94. The first-order chi connectivity index (χ1) is 15.4. The third-order valence-corrected chi connectivity index (χ3v) is 6.62. The summed E-state index contributed by atoms with van der Waals surface area (Å²) in [4.78, 5) is 32.0. The van der Waals surface area contributed by atoms with E-state index in [0.29, 0.717) is 47.5 Å². The highest BCUT2D eigenvalue weighted by atomic mass is 35.5. The van der Waals surface area contributed by atoms with Gasteiger partial charge in [0.2, 0.25) is 0 Å². The Morgan fingerprint density at radius 2 is 2.16 bits per heavy atom. The van der Waals surface area contributed by atoms with Crippen molar-refractivity contribution in [2.24, 2.45) is 16.6 Å². The Hall–Kier alpha value is -2.35. The van der Waals surface area contributed by atoms with Crippen LogP contribution in [0, 0.1) is 5.92 Å². The lowest BCUT2D eigenvalue weighted by molar-refractivity contribution is 0.0669. The van der Waals surface area contributed by atoms with Crippen LogP contribution in [0.2, 0.25) is 5.02 Å². The predicted molar refractivity (Wildman–Crippen MR) is 127 cm³/mol. The maximum atomic E-state index is 13.0. The standard InChI is InChI=1S/C23H27Cl2N5O2/c24-16-4-6-19-20(11-16)29-21(28-19)12-27-22(31)15-3-5-17(18(25)10-15)23(32)30-9-1-2-14(13-30)7-8-26/h3-6,10-11,14,19-20H,1-2,7-9,12-13,26H2,(H,27,31)(H,28,29). The number of likely N-dealkylation sites (tertiary alicyclic amines) is 1. The van der Waals surface area contributed by atoms with Crippen molar-refractivity contribution in [2.45, 2.75) is 31.3 Å². The van der Waals surface area contributed by atoms with Gasteiger partial charge in [0.05, 0.1) is 29.2 Å². The zero-order valence-corrected chi connectivity index (χ0v) is 19.2. The van der Waals surface area contributed by atoms with Gasteiger partial charge in [-0.1, -0.05) is 29.3 Å². The Bertz CT molecular complexity index is 989. The van der Waals surface area contributed by atoms with Gasteiger partial charge in [0.25, 0.3) is 11.8 Å². The Morgan fingerprint density at radius 3 is 2.94 bits per heavy atom. The first-order valence-corrected chi connectivity index (χ1v) is 11.7. The number of aliphatic imine (C=N–C) groups is 1. The second-order valence-electron chi connectivity index (χ2n) is 8.36. The molecule has 1 aromatic carbocycles. The molecule has 1 fully saturated rings. The number of halogens is 2. The van der Waals surface area contributed by atoms with Crippen LogP contribution in [0.4, 0.5) is 0 Å². The van der Waals surface area contributed by atoms with Crippen LogP contribution in [-0.2, 0) is 0 Å². The highest BCUT2D eigenvalue weighted by Crippen LogP contribution is 2.25. The van der Waals surface area contributed by atoms with Crippen LogP contribution in [0.1, 0.15) is 40.0 Å². The van der Waals surface area contributed by atoms with Crippen molar-refractivity contribution in [2.75, 3.05) is 26.2 Å². The average Bonchev–Trinajstić information content (AvgIpc) is 3.19. The summed E-state index contributed by atoms with van der Waals surface area (Å²) in [6.07, 6.45) is 8.63. The molecule has 7 nitrogen and oxygen atoms in total. The number of amides is 2. The normalized spacial score (nSPS) is 24.3. The topological polar surface area (TPSA) is 99.8 Å². The molecule has 4 N–H and O–H groups in total. The van der Waals surface area contributed by atoms with Gasteiger partial charge in [-0.15, -0.1) is 0 Å². The average molecular weight is 476 g/mol. The smallest absolute Gasteiger partial charge is 0.255 e. The molecule has 0 radical (unpaired) electrons. The molecule has 32 heavy (non-hydrogen) atoms. The number of rotatable bonds is 6. The number of hydrogen-bond acceptors (Lipinski definition) is 5. The number of hydrogen-bond donors (Lipinski definition) is 3. The minimum absolute atomic E-state index is 0.0108. The summed E-state index contributed by atoms with van der Waals surface area (Å²) in [5.41, 5.74) is 6.49. The van der Waals surface area contributed by atoms with Crippen molar-refractivity contribution >= 4 is 40.9 Å². The SMILES string of the molecule is NCCC1CCCN(C(=O)c2ccc(C(=O)NCC3=NC4C=CC(Cl)=CC4N3)cc2Cl)C1. The van der Waals surface area contributed by atoms with E-state index in [1.54, 1.807) is 18.2 Å². The number of carbonyl (C=O) groups excluding carboxylic acids is 2. The Morgan fingerprint density at radius 1 is 1.31 bits per heavy atom. The Kier molecular flexibility index (Phi) is 7.18. The molecule has 3 unspecified atom stereocenters. The molecule has 9 heteroatoms. The fourth-order valence-corrected chi connectivity index (χ4v) is 4.85. The maximum absolute atomic E-state index is 13.0. The van der Waals surface area contributed by atoms with E-state index in [1.807, 2.05) is 23.1 Å². The first-order valence-electron chi connectivity index (χ1n) is 10.9. The van der Waals surface area contributed by atoms with Crippen LogP contribution >= 0.6 is 23.2 Å². The fourth-order valence-electron chi connectivity index (χ4n) is 4.38. The minimum atomic E-state index is -0.282. The van der Waals surface area contributed by atoms with Crippen LogP contribution in [0.5, 0.6) is 0 Å². The van der Waals surface area contributed by atoms with E-state index in [4.69, 9.17) is 28.9 Å². The highest BCUT2D eigenvalue weighted by Gasteiger charge is 2.28. The fraction of sp³-hybridized carbons (Fsp3) is 0.435. The summed E-state index contributed by atoms with van der Waals surface area (Å²) in [6.45, 7) is 2.30. The third-order valence-electron chi connectivity index (χ3n) is 6.06. The molecule has 1 aliphatic carbocycles. The minimum Gasteiger partial charge on any atom is -0.364 e. The van der Waals surface area contributed by atoms with Crippen LogP contribution in [-0.4, -0.2) is 60.8 Å². The molecular weight excluding hydrogens is 449 g/mol. The van der Waals surface area contributed by atoms with Gasteiger partial charge in [0, 0.05) is 23.7 Å². The van der Waals surface area contributed by atoms with Crippen molar-refractivity contribution < 1.29 is 9.59 Å². The van der Waals surface area contributed by atoms with Crippen molar-refractivity contribution in [1.29, 1.82) is 0 Å². The van der Waals surface area contributed by atoms with E-state index in [1.165, 1.54) is 0 Å². The quantitative estimate of drug-likeness (QED) is 0.588. The maximum Gasteiger partial charge on any atom is 0.255 e. The van der Waals surface area contributed by atoms with E-state index in [2.05, 4.69) is 15.6 Å². The number of nitrogens with zero attached hydrogens (tertiary/aromatic N) is 2. The molecule has 0 aromatic heterocycles. The second kappa shape index (κ2) is 10.1. The van der Waals surface area contributed by atoms with Crippen molar-refractivity contribution in [3.63, 3.8) is 0 Å². The lowest BCUT2D eigenvalue weighted by Gasteiger charge is -2.33. The van der Waals surface area contributed by atoms with Gasteiger partial charge in [-0.3, -0.25) is 14.6 Å².